The summed E-state index contributed by atoms with van der Waals surface area (Å²) in [5, 5.41) is 0.351. The van der Waals surface area contributed by atoms with Crippen LogP contribution in [0.15, 0.2) is 46.5 Å². The molecule has 3 aromatic rings. The SMILES string of the molecule is COc1ncc(F)cc1S(=O)(=O)Nc1ccc(F)c(CCc2cnc(C=NCC(C)C)c(C)c2)c1P. The number of aromatic nitrogens is 2. The second kappa shape index (κ2) is 11.8. The highest BCUT2D eigenvalue weighted by molar-refractivity contribution is 7.92. The number of aryl methyl sites for hydroxylation is 2. The van der Waals surface area contributed by atoms with Crippen molar-refractivity contribution in [3.8, 4) is 5.88 Å². The van der Waals surface area contributed by atoms with Gasteiger partial charge in [0.25, 0.3) is 10.0 Å². The van der Waals surface area contributed by atoms with Crippen molar-refractivity contribution in [2.45, 2.75) is 38.5 Å². The molecule has 0 saturated carbocycles. The minimum absolute atomic E-state index is 0.147. The van der Waals surface area contributed by atoms with Crippen LogP contribution >= 0.6 is 9.24 Å². The number of ether oxygens (including phenoxy) is 1. The Balaban J connectivity index is 1.80. The van der Waals surface area contributed by atoms with E-state index in [-0.39, 0.29) is 11.6 Å². The van der Waals surface area contributed by atoms with Crippen LogP contribution in [0, 0.1) is 24.5 Å². The van der Waals surface area contributed by atoms with E-state index in [9.17, 15) is 17.2 Å². The molecule has 192 valence electrons. The summed E-state index contributed by atoms with van der Waals surface area (Å²) < 4.78 is 61.6. The van der Waals surface area contributed by atoms with Crippen LogP contribution in [0.25, 0.3) is 0 Å². The fraction of sp³-hybridized carbons (Fsp3) is 0.320. The van der Waals surface area contributed by atoms with Gasteiger partial charge < -0.3 is 4.74 Å². The molecule has 3 rings (SSSR count). The third kappa shape index (κ3) is 6.83. The molecule has 0 bridgehead atoms. The minimum atomic E-state index is -4.26. The van der Waals surface area contributed by atoms with E-state index in [1.165, 1.54) is 19.2 Å². The first-order valence-electron chi connectivity index (χ1n) is 11.3. The summed E-state index contributed by atoms with van der Waals surface area (Å²) >= 11 is 0. The molecule has 7 nitrogen and oxygen atoms in total. The molecule has 0 radical (unpaired) electrons. The second-order valence-electron chi connectivity index (χ2n) is 8.69. The summed E-state index contributed by atoms with van der Waals surface area (Å²) in [6.45, 7) is 6.85. The van der Waals surface area contributed by atoms with Crippen LogP contribution < -0.4 is 14.8 Å². The van der Waals surface area contributed by atoms with Gasteiger partial charge in [0.05, 0.1) is 24.7 Å². The van der Waals surface area contributed by atoms with Crippen LogP contribution in [0.3, 0.4) is 0 Å². The number of rotatable bonds is 10. The smallest absolute Gasteiger partial charge is 0.267 e. The fourth-order valence-electron chi connectivity index (χ4n) is 3.47. The number of sulfonamides is 1. The van der Waals surface area contributed by atoms with Gasteiger partial charge >= 0.3 is 0 Å². The first-order chi connectivity index (χ1) is 17.0. The summed E-state index contributed by atoms with van der Waals surface area (Å²) in [6, 6.07) is 5.31. The summed E-state index contributed by atoms with van der Waals surface area (Å²) in [5.41, 5.74) is 3.15. The number of halogens is 2. The number of pyridine rings is 2. The van der Waals surface area contributed by atoms with Crippen LogP contribution in [-0.2, 0) is 22.9 Å². The van der Waals surface area contributed by atoms with Gasteiger partial charge in [0.2, 0.25) is 5.88 Å². The van der Waals surface area contributed by atoms with Crippen molar-refractivity contribution in [3.05, 3.63) is 70.7 Å². The standard InChI is InChI=1S/C25H29F2N4O3PS/c1-15(2)11-28-14-22-16(3)9-17(12-29-22)5-6-19-20(27)7-8-21(24(19)35)31-36(32,33)23-10-18(26)13-30-25(23)34-4/h7-10,12-15,31H,5-6,11,35H2,1-4H3. The molecular formula is C25H29F2N4O3PS. The first-order valence-corrected chi connectivity index (χ1v) is 13.3. The summed E-state index contributed by atoms with van der Waals surface area (Å²) in [7, 11) is -0.637. The zero-order valence-corrected chi connectivity index (χ0v) is 22.5. The zero-order valence-electron chi connectivity index (χ0n) is 20.5. The van der Waals surface area contributed by atoms with Crippen LogP contribution in [0.1, 0.15) is 36.2 Å². The normalized spacial score (nSPS) is 11.9. The number of aliphatic imine (C=N–C) groups is 1. The number of benzene rings is 1. The number of hydrogen-bond donors (Lipinski definition) is 1. The van der Waals surface area contributed by atoms with Gasteiger partial charge in [-0.15, -0.1) is 9.24 Å². The van der Waals surface area contributed by atoms with E-state index in [0.29, 0.717) is 29.6 Å². The fourth-order valence-corrected chi connectivity index (χ4v) is 5.24. The second-order valence-corrected chi connectivity index (χ2v) is 10.9. The van der Waals surface area contributed by atoms with E-state index in [2.05, 4.69) is 42.8 Å². The number of hydrogen-bond acceptors (Lipinski definition) is 6. The Bertz CT molecular complexity index is 1380. The molecular weight excluding hydrogens is 505 g/mol. The number of nitrogens with one attached hydrogen (secondary N) is 1. The molecule has 0 saturated heterocycles. The van der Waals surface area contributed by atoms with Gasteiger partial charge in [-0.2, -0.15) is 0 Å². The predicted molar refractivity (Wildman–Crippen MR) is 141 cm³/mol. The predicted octanol–water partition coefficient (Wildman–Crippen LogP) is 4.23. The maximum Gasteiger partial charge on any atom is 0.267 e. The molecule has 0 aliphatic rings. The molecule has 0 aliphatic heterocycles. The number of anilines is 1. The van der Waals surface area contributed by atoms with Gasteiger partial charge in [-0.05, 0) is 59.8 Å². The van der Waals surface area contributed by atoms with Crippen molar-refractivity contribution in [1.82, 2.24) is 9.97 Å². The lowest BCUT2D eigenvalue weighted by molar-refractivity contribution is 0.382. The van der Waals surface area contributed by atoms with E-state index in [0.717, 1.165) is 35.6 Å². The van der Waals surface area contributed by atoms with E-state index in [1.807, 2.05) is 13.0 Å². The van der Waals surface area contributed by atoms with Gasteiger partial charge in [0.1, 0.15) is 11.6 Å². The molecule has 1 unspecified atom stereocenters. The van der Waals surface area contributed by atoms with Crippen molar-refractivity contribution < 1.29 is 21.9 Å². The number of nitrogens with zero attached hydrogens (tertiary/aromatic N) is 3. The van der Waals surface area contributed by atoms with Crippen LogP contribution in [-0.4, -0.2) is 38.3 Å². The Labute approximate surface area is 212 Å². The summed E-state index contributed by atoms with van der Waals surface area (Å²) in [6.07, 6.45) is 5.16. The zero-order chi connectivity index (χ0) is 26.5. The van der Waals surface area contributed by atoms with Crippen molar-refractivity contribution in [2.75, 3.05) is 18.4 Å². The number of methoxy groups -OCH3 is 1. The van der Waals surface area contributed by atoms with E-state index >= 15 is 0 Å². The highest BCUT2D eigenvalue weighted by Crippen LogP contribution is 2.26. The molecule has 0 fully saturated rings. The monoisotopic (exact) mass is 534 g/mol. The maximum absolute atomic E-state index is 14.7. The molecule has 11 heteroatoms. The highest BCUT2D eigenvalue weighted by atomic mass is 32.2. The van der Waals surface area contributed by atoms with E-state index in [1.54, 1.807) is 12.4 Å². The Morgan fingerprint density at radius 3 is 2.58 bits per heavy atom. The third-order valence-corrected chi connectivity index (χ3v) is 7.35. The summed E-state index contributed by atoms with van der Waals surface area (Å²) in [4.78, 5) is 12.1. The van der Waals surface area contributed by atoms with Gasteiger partial charge in [0.15, 0.2) is 4.90 Å². The Hall–Kier alpha value is -2.97. The topological polar surface area (TPSA) is 93.5 Å². The molecule has 1 aromatic carbocycles. The van der Waals surface area contributed by atoms with Crippen LogP contribution in [0.2, 0.25) is 0 Å². The Morgan fingerprint density at radius 1 is 1.17 bits per heavy atom. The van der Waals surface area contributed by atoms with Crippen molar-refractivity contribution >= 4 is 36.5 Å². The lowest BCUT2D eigenvalue weighted by Gasteiger charge is -2.15. The molecule has 0 aliphatic carbocycles. The quantitative estimate of drug-likeness (QED) is 0.310. The Morgan fingerprint density at radius 2 is 1.92 bits per heavy atom. The maximum atomic E-state index is 14.7. The molecule has 0 spiro atoms. The van der Waals surface area contributed by atoms with Crippen molar-refractivity contribution in [2.24, 2.45) is 10.9 Å². The molecule has 1 atom stereocenters. The average Bonchev–Trinajstić information content (AvgIpc) is 2.82. The third-order valence-electron chi connectivity index (χ3n) is 5.34. The molecule has 1 N–H and O–H groups in total. The van der Waals surface area contributed by atoms with Gasteiger partial charge in [-0.25, -0.2) is 22.2 Å². The molecule has 36 heavy (non-hydrogen) atoms. The van der Waals surface area contributed by atoms with E-state index in [4.69, 9.17) is 4.74 Å². The van der Waals surface area contributed by atoms with Gasteiger partial charge in [-0.1, -0.05) is 19.9 Å². The van der Waals surface area contributed by atoms with Crippen LogP contribution in [0.5, 0.6) is 5.88 Å². The van der Waals surface area contributed by atoms with Crippen LogP contribution in [0.4, 0.5) is 14.5 Å². The van der Waals surface area contributed by atoms with Crippen molar-refractivity contribution in [1.29, 1.82) is 0 Å². The lowest BCUT2D eigenvalue weighted by atomic mass is 10.0. The Kier molecular flexibility index (Phi) is 9.08. The molecule has 2 aromatic heterocycles. The van der Waals surface area contributed by atoms with E-state index < -0.39 is 26.6 Å². The lowest BCUT2D eigenvalue weighted by Crippen LogP contribution is -2.20. The van der Waals surface area contributed by atoms with Crippen molar-refractivity contribution in [3.63, 3.8) is 0 Å². The molecule has 0 amide bonds. The largest absolute Gasteiger partial charge is 0.480 e. The summed E-state index contributed by atoms with van der Waals surface area (Å²) in [5.74, 6) is -1.08. The van der Waals surface area contributed by atoms with Gasteiger partial charge in [-0.3, -0.25) is 14.7 Å². The first kappa shape index (κ1) is 27.6. The average molecular weight is 535 g/mol. The molecule has 2 heterocycles. The minimum Gasteiger partial charge on any atom is -0.480 e. The van der Waals surface area contributed by atoms with Gasteiger partial charge in [0, 0.05) is 25.0 Å². The highest BCUT2D eigenvalue weighted by Gasteiger charge is 2.23.